The van der Waals surface area contributed by atoms with E-state index in [2.05, 4.69) is 27.7 Å². The SMILES string of the molecule is CCCCCCCCCCCCCCCCCCCC(=O)O[C@@H](COC(=O)CCCCCCCCCCCC)COC(=O)CCCCCCCCCCCCCCCCCCC(C)C. The highest BCUT2D eigenvalue weighted by Crippen LogP contribution is 2.18. The molecule has 0 amide bonds. The van der Waals surface area contributed by atoms with E-state index in [-0.39, 0.29) is 31.1 Å². The lowest BCUT2D eigenvalue weighted by Crippen LogP contribution is -2.30. The highest BCUT2D eigenvalue weighted by molar-refractivity contribution is 5.71. The van der Waals surface area contributed by atoms with E-state index >= 15 is 0 Å². The van der Waals surface area contributed by atoms with Crippen molar-refractivity contribution in [2.45, 2.75) is 336 Å². The molecule has 0 aromatic heterocycles. The van der Waals surface area contributed by atoms with E-state index in [1.807, 2.05) is 0 Å². The highest BCUT2D eigenvalue weighted by atomic mass is 16.6. The maximum absolute atomic E-state index is 12.8. The van der Waals surface area contributed by atoms with Crippen molar-refractivity contribution in [1.82, 2.24) is 0 Å². The molecule has 0 fully saturated rings. The lowest BCUT2D eigenvalue weighted by atomic mass is 10.0. The van der Waals surface area contributed by atoms with Crippen LogP contribution < -0.4 is 0 Å². The Morgan fingerprint density at radius 1 is 0.297 bits per heavy atom. The van der Waals surface area contributed by atoms with Crippen LogP contribution in [0.5, 0.6) is 0 Å². The number of carbonyl (C=O) groups excluding carboxylic acids is 3. The normalized spacial score (nSPS) is 12.0. The van der Waals surface area contributed by atoms with Crippen molar-refractivity contribution < 1.29 is 28.6 Å². The largest absolute Gasteiger partial charge is 0.462 e. The van der Waals surface area contributed by atoms with Gasteiger partial charge in [-0.25, -0.2) is 0 Å². The Morgan fingerprint density at radius 2 is 0.516 bits per heavy atom. The molecule has 1 atom stereocenters. The van der Waals surface area contributed by atoms with Crippen LogP contribution in [0.1, 0.15) is 329 Å². The first-order valence-corrected chi connectivity index (χ1v) is 28.9. The van der Waals surface area contributed by atoms with Gasteiger partial charge in [0.2, 0.25) is 0 Å². The summed E-state index contributed by atoms with van der Waals surface area (Å²) in [6.07, 6.45) is 56.7. The molecule has 0 aromatic rings. The van der Waals surface area contributed by atoms with Crippen molar-refractivity contribution in [3.05, 3.63) is 0 Å². The summed E-state index contributed by atoms with van der Waals surface area (Å²) < 4.78 is 16.9. The summed E-state index contributed by atoms with van der Waals surface area (Å²) in [5, 5.41) is 0. The summed E-state index contributed by atoms with van der Waals surface area (Å²) in [6.45, 7) is 9.06. The molecule has 6 nitrogen and oxygen atoms in total. The summed E-state index contributed by atoms with van der Waals surface area (Å²) >= 11 is 0. The molecule has 380 valence electrons. The van der Waals surface area contributed by atoms with Crippen LogP contribution in [-0.2, 0) is 28.6 Å². The fourth-order valence-electron chi connectivity index (χ4n) is 8.92. The van der Waals surface area contributed by atoms with Gasteiger partial charge in [0.25, 0.3) is 0 Å². The van der Waals surface area contributed by atoms with Gasteiger partial charge in [-0.15, -0.1) is 0 Å². The van der Waals surface area contributed by atoms with E-state index in [0.717, 1.165) is 63.7 Å². The molecule has 64 heavy (non-hydrogen) atoms. The van der Waals surface area contributed by atoms with E-state index in [1.54, 1.807) is 0 Å². The number of esters is 3. The van der Waals surface area contributed by atoms with Crippen LogP contribution in [0.3, 0.4) is 0 Å². The van der Waals surface area contributed by atoms with Gasteiger partial charge in [-0.1, -0.05) is 291 Å². The second-order valence-electron chi connectivity index (χ2n) is 20.4. The van der Waals surface area contributed by atoms with E-state index in [0.29, 0.717) is 19.3 Å². The Bertz CT molecular complexity index is 964. The van der Waals surface area contributed by atoms with Gasteiger partial charge in [-0.2, -0.15) is 0 Å². The van der Waals surface area contributed by atoms with Crippen LogP contribution in [0.25, 0.3) is 0 Å². The fraction of sp³-hybridized carbons (Fsp3) is 0.948. The second kappa shape index (κ2) is 52.4. The monoisotopic (exact) mass is 905 g/mol. The molecular weight excluding hydrogens is 793 g/mol. The Hall–Kier alpha value is -1.59. The average Bonchev–Trinajstić information content (AvgIpc) is 3.28. The molecular formula is C58H112O6. The molecule has 0 aliphatic heterocycles. The molecule has 0 radical (unpaired) electrons. The zero-order valence-corrected chi connectivity index (χ0v) is 43.8. The summed E-state index contributed by atoms with van der Waals surface area (Å²) in [4.78, 5) is 38.1. The van der Waals surface area contributed by atoms with E-state index in [4.69, 9.17) is 14.2 Å². The predicted octanol–water partition coefficient (Wildman–Crippen LogP) is 19.0. The standard InChI is InChI=1S/C58H112O6/c1-5-7-9-11-13-15-17-18-19-20-25-28-31-35-39-43-47-51-58(61)64-55(52-62-56(59)49-45-41-37-33-16-14-12-10-8-6-2)53-63-57(60)50-46-42-38-34-30-27-24-22-21-23-26-29-32-36-40-44-48-54(3)4/h54-55H,5-53H2,1-4H3/t55-/m0/s1. The Balaban J connectivity index is 4.23. The van der Waals surface area contributed by atoms with Gasteiger partial charge in [0.1, 0.15) is 13.2 Å². The number of hydrogen-bond donors (Lipinski definition) is 0. The zero-order valence-electron chi connectivity index (χ0n) is 43.8. The van der Waals surface area contributed by atoms with Crippen molar-refractivity contribution in [2.24, 2.45) is 5.92 Å². The molecule has 0 saturated carbocycles. The lowest BCUT2D eigenvalue weighted by Gasteiger charge is -2.18. The van der Waals surface area contributed by atoms with Crippen molar-refractivity contribution in [3.8, 4) is 0 Å². The Labute approximate surface area is 399 Å². The van der Waals surface area contributed by atoms with Gasteiger partial charge >= 0.3 is 17.9 Å². The van der Waals surface area contributed by atoms with Crippen LogP contribution in [0.15, 0.2) is 0 Å². The second-order valence-corrected chi connectivity index (χ2v) is 20.4. The average molecular weight is 906 g/mol. The minimum absolute atomic E-state index is 0.0619. The minimum atomic E-state index is -0.761. The van der Waals surface area contributed by atoms with E-state index in [1.165, 1.54) is 225 Å². The molecule has 0 unspecified atom stereocenters. The van der Waals surface area contributed by atoms with Crippen molar-refractivity contribution in [3.63, 3.8) is 0 Å². The van der Waals surface area contributed by atoms with Gasteiger partial charge in [-0.05, 0) is 25.2 Å². The third-order valence-electron chi connectivity index (χ3n) is 13.3. The molecule has 0 aromatic carbocycles. The van der Waals surface area contributed by atoms with Crippen LogP contribution in [0.4, 0.5) is 0 Å². The summed E-state index contributed by atoms with van der Waals surface area (Å²) in [7, 11) is 0. The van der Waals surface area contributed by atoms with Gasteiger partial charge in [0.15, 0.2) is 6.10 Å². The Morgan fingerprint density at radius 3 is 0.766 bits per heavy atom. The van der Waals surface area contributed by atoms with Gasteiger partial charge < -0.3 is 14.2 Å². The third kappa shape index (κ3) is 51.4. The smallest absolute Gasteiger partial charge is 0.306 e. The molecule has 0 aliphatic carbocycles. The fourth-order valence-corrected chi connectivity index (χ4v) is 8.92. The van der Waals surface area contributed by atoms with Crippen molar-refractivity contribution in [2.75, 3.05) is 13.2 Å². The van der Waals surface area contributed by atoms with Crippen LogP contribution in [0.2, 0.25) is 0 Å². The van der Waals surface area contributed by atoms with E-state index < -0.39 is 6.10 Å². The molecule has 6 heteroatoms. The van der Waals surface area contributed by atoms with Crippen molar-refractivity contribution in [1.29, 1.82) is 0 Å². The van der Waals surface area contributed by atoms with Gasteiger partial charge in [0.05, 0.1) is 0 Å². The molecule has 0 bridgehead atoms. The lowest BCUT2D eigenvalue weighted by molar-refractivity contribution is -0.167. The first kappa shape index (κ1) is 62.4. The summed E-state index contributed by atoms with van der Waals surface area (Å²) in [5.74, 6) is 0.0157. The first-order valence-electron chi connectivity index (χ1n) is 28.9. The summed E-state index contributed by atoms with van der Waals surface area (Å²) in [6, 6.07) is 0. The number of carbonyl (C=O) groups is 3. The van der Waals surface area contributed by atoms with Crippen LogP contribution >= 0.6 is 0 Å². The molecule has 0 N–H and O–H groups in total. The minimum Gasteiger partial charge on any atom is -0.462 e. The molecule has 0 saturated heterocycles. The number of rotatable bonds is 53. The predicted molar refractivity (Wildman–Crippen MR) is 275 cm³/mol. The van der Waals surface area contributed by atoms with Gasteiger partial charge in [-0.3, -0.25) is 14.4 Å². The maximum atomic E-state index is 12.8. The molecule has 0 spiro atoms. The zero-order chi connectivity index (χ0) is 46.7. The summed E-state index contributed by atoms with van der Waals surface area (Å²) in [5.41, 5.74) is 0. The van der Waals surface area contributed by atoms with Crippen molar-refractivity contribution >= 4 is 17.9 Å². The number of hydrogen-bond acceptors (Lipinski definition) is 6. The Kier molecular flexibility index (Phi) is 51.1. The first-order chi connectivity index (χ1) is 31.4. The van der Waals surface area contributed by atoms with E-state index in [9.17, 15) is 14.4 Å². The molecule has 0 aliphatic rings. The molecule has 0 heterocycles. The quantitative estimate of drug-likeness (QED) is 0.0344. The molecule has 0 rings (SSSR count). The maximum Gasteiger partial charge on any atom is 0.306 e. The topological polar surface area (TPSA) is 78.9 Å². The number of ether oxygens (including phenoxy) is 3. The van der Waals surface area contributed by atoms with Crippen LogP contribution in [0, 0.1) is 5.92 Å². The number of unbranched alkanes of at least 4 members (excludes halogenated alkanes) is 40. The van der Waals surface area contributed by atoms with Crippen LogP contribution in [-0.4, -0.2) is 37.2 Å². The highest BCUT2D eigenvalue weighted by Gasteiger charge is 2.19. The third-order valence-corrected chi connectivity index (χ3v) is 13.3. The van der Waals surface area contributed by atoms with Gasteiger partial charge in [0, 0.05) is 19.3 Å².